The molecule has 0 aliphatic carbocycles. The normalized spacial score (nSPS) is 15.1. The van der Waals surface area contributed by atoms with Crippen LogP contribution in [0.25, 0.3) is 0 Å². The summed E-state index contributed by atoms with van der Waals surface area (Å²) in [6, 6.07) is 16.1. The summed E-state index contributed by atoms with van der Waals surface area (Å²) in [6.45, 7) is 1.41. The highest BCUT2D eigenvalue weighted by Gasteiger charge is 2.23. The first-order valence-corrected chi connectivity index (χ1v) is 7.99. The second-order valence-corrected chi connectivity index (χ2v) is 5.91. The summed E-state index contributed by atoms with van der Waals surface area (Å²) in [5.74, 6) is 0.495. The van der Waals surface area contributed by atoms with Gasteiger partial charge in [0.1, 0.15) is 0 Å². The van der Waals surface area contributed by atoms with E-state index in [0.717, 1.165) is 12.8 Å². The van der Waals surface area contributed by atoms with Crippen molar-refractivity contribution < 1.29 is 9.72 Å². The third-order valence-electron chi connectivity index (χ3n) is 4.38. The number of carbonyl (C=O) groups excluding carboxylic acids is 1. The first-order valence-electron chi connectivity index (χ1n) is 7.99. The molecule has 1 fully saturated rings. The standard InChI is InChI=1S/C18H19N3O3/c22-18(19-16-6-8-17(9-7-16)21(23)24)20-12-10-15(11-13-20)14-4-2-1-3-5-14/h1-9,15H,10-13H2,(H,19,22). The molecule has 1 saturated heterocycles. The Hall–Kier alpha value is -2.89. The molecule has 1 aliphatic rings. The van der Waals surface area contributed by atoms with Crippen LogP contribution >= 0.6 is 0 Å². The van der Waals surface area contributed by atoms with Crippen molar-refractivity contribution in [3.8, 4) is 0 Å². The van der Waals surface area contributed by atoms with Crippen molar-refractivity contribution in [3.63, 3.8) is 0 Å². The van der Waals surface area contributed by atoms with Gasteiger partial charge in [-0.05, 0) is 36.5 Å². The van der Waals surface area contributed by atoms with Crippen molar-refractivity contribution in [3.05, 3.63) is 70.3 Å². The SMILES string of the molecule is O=C(Nc1ccc([N+](=O)[O-])cc1)N1CCC(c2ccccc2)CC1. The molecule has 24 heavy (non-hydrogen) atoms. The number of nitrogens with one attached hydrogen (secondary N) is 1. The van der Waals surface area contributed by atoms with Crippen LogP contribution in [0.4, 0.5) is 16.2 Å². The fourth-order valence-corrected chi connectivity index (χ4v) is 3.01. The predicted molar refractivity (Wildman–Crippen MR) is 92.1 cm³/mol. The number of nitro benzene ring substituents is 1. The molecule has 6 heteroatoms. The number of carbonyl (C=O) groups is 1. The summed E-state index contributed by atoms with van der Waals surface area (Å²) in [4.78, 5) is 24.3. The van der Waals surface area contributed by atoms with Crippen LogP contribution in [0.2, 0.25) is 0 Å². The van der Waals surface area contributed by atoms with Gasteiger partial charge in [-0.3, -0.25) is 10.1 Å². The largest absolute Gasteiger partial charge is 0.324 e. The van der Waals surface area contributed by atoms with Gasteiger partial charge in [0, 0.05) is 30.9 Å². The highest BCUT2D eigenvalue weighted by molar-refractivity contribution is 5.89. The number of nitro groups is 1. The molecule has 0 radical (unpaired) electrons. The van der Waals surface area contributed by atoms with Crippen molar-refractivity contribution in [1.82, 2.24) is 4.90 Å². The molecule has 0 bridgehead atoms. The van der Waals surface area contributed by atoms with Gasteiger partial charge in [-0.15, -0.1) is 0 Å². The quantitative estimate of drug-likeness (QED) is 0.684. The molecule has 2 aromatic rings. The molecule has 0 atom stereocenters. The summed E-state index contributed by atoms with van der Waals surface area (Å²) in [5, 5.41) is 13.4. The van der Waals surface area contributed by atoms with E-state index in [-0.39, 0.29) is 11.7 Å². The lowest BCUT2D eigenvalue weighted by Crippen LogP contribution is -2.40. The van der Waals surface area contributed by atoms with Gasteiger partial charge in [-0.2, -0.15) is 0 Å². The topological polar surface area (TPSA) is 75.5 Å². The average molecular weight is 325 g/mol. The molecule has 1 heterocycles. The maximum atomic E-state index is 12.3. The monoisotopic (exact) mass is 325 g/mol. The highest BCUT2D eigenvalue weighted by atomic mass is 16.6. The zero-order valence-electron chi connectivity index (χ0n) is 13.2. The Balaban J connectivity index is 1.54. The fourth-order valence-electron chi connectivity index (χ4n) is 3.01. The molecule has 0 unspecified atom stereocenters. The van der Waals surface area contributed by atoms with Crippen LogP contribution in [-0.2, 0) is 0 Å². The lowest BCUT2D eigenvalue weighted by atomic mass is 9.90. The van der Waals surface area contributed by atoms with Gasteiger partial charge in [-0.25, -0.2) is 4.79 Å². The van der Waals surface area contributed by atoms with Gasteiger partial charge < -0.3 is 10.2 Å². The highest BCUT2D eigenvalue weighted by Crippen LogP contribution is 2.28. The van der Waals surface area contributed by atoms with Crippen molar-refractivity contribution in [2.45, 2.75) is 18.8 Å². The van der Waals surface area contributed by atoms with Crippen LogP contribution < -0.4 is 5.32 Å². The second kappa shape index (κ2) is 7.12. The number of likely N-dealkylation sites (tertiary alicyclic amines) is 1. The zero-order valence-corrected chi connectivity index (χ0v) is 13.2. The number of anilines is 1. The van der Waals surface area contributed by atoms with Crippen LogP contribution in [0.3, 0.4) is 0 Å². The molecule has 6 nitrogen and oxygen atoms in total. The summed E-state index contributed by atoms with van der Waals surface area (Å²) in [7, 11) is 0. The molecule has 2 amide bonds. The smallest absolute Gasteiger partial charge is 0.321 e. The maximum Gasteiger partial charge on any atom is 0.321 e. The molecule has 2 aromatic carbocycles. The van der Waals surface area contributed by atoms with E-state index in [4.69, 9.17) is 0 Å². The number of non-ortho nitro benzene ring substituents is 1. The Kier molecular flexibility index (Phi) is 4.74. The van der Waals surface area contributed by atoms with Crippen LogP contribution in [-0.4, -0.2) is 28.9 Å². The molecule has 1 aliphatic heterocycles. The average Bonchev–Trinajstić information content (AvgIpc) is 2.63. The van der Waals surface area contributed by atoms with Crippen LogP contribution in [0.5, 0.6) is 0 Å². The summed E-state index contributed by atoms with van der Waals surface area (Å²) >= 11 is 0. The number of amides is 2. The second-order valence-electron chi connectivity index (χ2n) is 5.91. The van der Waals surface area contributed by atoms with Crippen LogP contribution in [0.15, 0.2) is 54.6 Å². The van der Waals surface area contributed by atoms with E-state index >= 15 is 0 Å². The van der Waals surface area contributed by atoms with E-state index < -0.39 is 4.92 Å². The lowest BCUT2D eigenvalue weighted by Gasteiger charge is -2.32. The number of hydrogen-bond donors (Lipinski definition) is 1. The van der Waals surface area contributed by atoms with E-state index in [0.29, 0.717) is 24.7 Å². The van der Waals surface area contributed by atoms with E-state index in [1.807, 2.05) is 18.2 Å². The van der Waals surface area contributed by atoms with Crippen molar-refractivity contribution in [1.29, 1.82) is 0 Å². The predicted octanol–water partition coefficient (Wildman–Crippen LogP) is 4.01. The first-order chi connectivity index (χ1) is 11.6. The van der Waals surface area contributed by atoms with E-state index in [2.05, 4.69) is 17.4 Å². The number of piperidine rings is 1. The Morgan fingerprint density at radius 3 is 2.25 bits per heavy atom. The Labute approximate surface area is 140 Å². The van der Waals surface area contributed by atoms with Gasteiger partial charge in [0.15, 0.2) is 0 Å². The Morgan fingerprint density at radius 2 is 1.67 bits per heavy atom. The molecule has 0 spiro atoms. The molecule has 0 saturated carbocycles. The summed E-state index contributed by atoms with van der Waals surface area (Å²) in [5.41, 5.74) is 1.90. The molecule has 124 valence electrons. The van der Waals surface area contributed by atoms with Crippen molar-refractivity contribution in [2.24, 2.45) is 0 Å². The maximum absolute atomic E-state index is 12.3. The number of rotatable bonds is 3. The minimum atomic E-state index is -0.458. The lowest BCUT2D eigenvalue weighted by molar-refractivity contribution is -0.384. The molecule has 1 N–H and O–H groups in total. The summed E-state index contributed by atoms with van der Waals surface area (Å²) in [6.07, 6.45) is 1.88. The van der Waals surface area contributed by atoms with Crippen molar-refractivity contribution >= 4 is 17.4 Å². The van der Waals surface area contributed by atoms with Gasteiger partial charge >= 0.3 is 6.03 Å². The van der Waals surface area contributed by atoms with E-state index in [1.54, 1.807) is 17.0 Å². The number of urea groups is 1. The molecular weight excluding hydrogens is 306 g/mol. The molecule has 3 rings (SSSR count). The van der Waals surface area contributed by atoms with Crippen LogP contribution in [0, 0.1) is 10.1 Å². The Bertz CT molecular complexity index is 708. The number of benzene rings is 2. The number of nitrogens with zero attached hydrogens (tertiary/aromatic N) is 2. The van der Waals surface area contributed by atoms with Gasteiger partial charge in [0.2, 0.25) is 0 Å². The van der Waals surface area contributed by atoms with E-state index in [9.17, 15) is 14.9 Å². The fraction of sp³-hybridized carbons (Fsp3) is 0.278. The van der Waals surface area contributed by atoms with Crippen LogP contribution in [0.1, 0.15) is 24.3 Å². The van der Waals surface area contributed by atoms with E-state index in [1.165, 1.54) is 17.7 Å². The molecule has 0 aromatic heterocycles. The molecular formula is C18H19N3O3. The third-order valence-corrected chi connectivity index (χ3v) is 4.38. The van der Waals surface area contributed by atoms with Gasteiger partial charge in [0.05, 0.1) is 4.92 Å². The Morgan fingerprint density at radius 1 is 1.04 bits per heavy atom. The minimum Gasteiger partial charge on any atom is -0.324 e. The van der Waals surface area contributed by atoms with Gasteiger partial charge in [0.25, 0.3) is 5.69 Å². The number of hydrogen-bond acceptors (Lipinski definition) is 3. The third kappa shape index (κ3) is 3.71. The van der Waals surface area contributed by atoms with Gasteiger partial charge in [-0.1, -0.05) is 30.3 Å². The first kappa shape index (κ1) is 16.0. The summed E-state index contributed by atoms with van der Waals surface area (Å²) < 4.78 is 0. The minimum absolute atomic E-state index is 0.0108. The zero-order chi connectivity index (χ0) is 16.9. The van der Waals surface area contributed by atoms with Crippen molar-refractivity contribution in [2.75, 3.05) is 18.4 Å².